The van der Waals surface area contributed by atoms with Crippen LogP contribution >= 0.6 is 0 Å². The van der Waals surface area contributed by atoms with Gasteiger partial charge in [0.1, 0.15) is 0 Å². The summed E-state index contributed by atoms with van der Waals surface area (Å²) < 4.78 is 0. The minimum atomic E-state index is 0.320. The molecule has 0 saturated heterocycles. The molecule has 0 aliphatic heterocycles. The molecule has 0 aromatic heterocycles. The zero-order chi connectivity index (χ0) is 9.14. The number of rotatable bonds is 3. The molecule has 0 aromatic carbocycles. The van der Waals surface area contributed by atoms with Crippen molar-refractivity contribution in [3.05, 3.63) is 11.6 Å². The zero-order valence-corrected chi connectivity index (χ0v) is 8.26. The fourth-order valence-corrected chi connectivity index (χ4v) is 1.70. The van der Waals surface area contributed by atoms with E-state index in [1.165, 1.54) is 12.0 Å². The second-order valence-corrected chi connectivity index (χ2v) is 3.86. The standard InChI is InChI=1S/C11H18O/c1-4-8(2)9(3)10-5-6-11(12)7-10/h7-9H,4-6H2,1-3H3. The van der Waals surface area contributed by atoms with Gasteiger partial charge in [0.25, 0.3) is 0 Å². The highest BCUT2D eigenvalue weighted by Crippen LogP contribution is 2.29. The summed E-state index contributed by atoms with van der Waals surface area (Å²) in [5.41, 5.74) is 1.37. The van der Waals surface area contributed by atoms with Crippen molar-refractivity contribution >= 4 is 5.78 Å². The van der Waals surface area contributed by atoms with E-state index in [4.69, 9.17) is 0 Å². The molecule has 12 heavy (non-hydrogen) atoms. The zero-order valence-electron chi connectivity index (χ0n) is 8.26. The number of ketones is 1. The summed E-state index contributed by atoms with van der Waals surface area (Å²) in [4.78, 5) is 11.0. The SMILES string of the molecule is CCC(C)C(C)C1=CC(=O)CC1. The topological polar surface area (TPSA) is 17.1 Å². The summed E-state index contributed by atoms with van der Waals surface area (Å²) in [6.07, 6.45) is 4.81. The first kappa shape index (κ1) is 9.50. The minimum Gasteiger partial charge on any atom is -0.295 e. The summed E-state index contributed by atoms with van der Waals surface area (Å²) in [5, 5.41) is 0. The van der Waals surface area contributed by atoms with Crippen LogP contribution in [0.3, 0.4) is 0 Å². The van der Waals surface area contributed by atoms with E-state index in [1.54, 1.807) is 0 Å². The predicted octanol–water partition coefficient (Wildman–Crippen LogP) is 2.96. The van der Waals surface area contributed by atoms with Gasteiger partial charge in [0.15, 0.2) is 5.78 Å². The smallest absolute Gasteiger partial charge is 0.155 e. The summed E-state index contributed by atoms with van der Waals surface area (Å²) >= 11 is 0. The first-order valence-corrected chi connectivity index (χ1v) is 4.88. The highest BCUT2D eigenvalue weighted by molar-refractivity contribution is 5.93. The first-order valence-electron chi connectivity index (χ1n) is 4.88. The van der Waals surface area contributed by atoms with Crippen LogP contribution < -0.4 is 0 Å². The van der Waals surface area contributed by atoms with Crippen LogP contribution in [0.25, 0.3) is 0 Å². The van der Waals surface area contributed by atoms with Gasteiger partial charge in [-0.15, -0.1) is 0 Å². The van der Waals surface area contributed by atoms with Crippen LogP contribution in [0.4, 0.5) is 0 Å². The second kappa shape index (κ2) is 3.88. The monoisotopic (exact) mass is 166 g/mol. The number of hydrogen-bond acceptors (Lipinski definition) is 1. The summed E-state index contributed by atoms with van der Waals surface area (Å²) in [6.45, 7) is 6.70. The Bertz CT molecular complexity index is 203. The molecule has 1 rings (SSSR count). The Morgan fingerprint density at radius 1 is 1.42 bits per heavy atom. The maximum atomic E-state index is 11.0. The van der Waals surface area contributed by atoms with Crippen molar-refractivity contribution in [2.24, 2.45) is 11.8 Å². The molecule has 1 heteroatoms. The van der Waals surface area contributed by atoms with Crippen molar-refractivity contribution < 1.29 is 4.79 Å². The van der Waals surface area contributed by atoms with Crippen molar-refractivity contribution in [3.63, 3.8) is 0 Å². The van der Waals surface area contributed by atoms with Gasteiger partial charge in [0.05, 0.1) is 0 Å². The third-order valence-corrected chi connectivity index (χ3v) is 3.09. The van der Waals surface area contributed by atoms with E-state index < -0.39 is 0 Å². The lowest BCUT2D eigenvalue weighted by Gasteiger charge is -2.19. The van der Waals surface area contributed by atoms with Crippen molar-refractivity contribution in [2.75, 3.05) is 0 Å². The van der Waals surface area contributed by atoms with E-state index in [-0.39, 0.29) is 0 Å². The molecule has 0 fully saturated rings. The molecule has 1 aliphatic carbocycles. The molecule has 1 nitrogen and oxygen atoms in total. The molecule has 0 radical (unpaired) electrons. The van der Waals surface area contributed by atoms with Crippen LogP contribution in [-0.4, -0.2) is 5.78 Å². The molecule has 0 aromatic rings. The Balaban J connectivity index is 2.58. The highest BCUT2D eigenvalue weighted by atomic mass is 16.1. The van der Waals surface area contributed by atoms with E-state index in [9.17, 15) is 4.79 Å². The van der Waals surface area contributed by atoms with E-state index in [0.29, 0.717) is 17.6 Å². The molecule has 0 spiro atoms. The van der Waals surface area contributed by atoms with Crippen LogP contribution in [0.2, 0.25) is 0 Å². The molecule has 68 valence electrons. The van der Waals surface area contributed by atoms with Gasteiger partial charge in [-0.1, -0.05) is 32.8 Å². The van der Waals surface area contributed by atoms with E-state index in [1.807, 2.05) is 6.08 Å². The number of allylic oxidation sites excluding steroid dienone is 2. The largest absolute Gasteiger partial charge is 0.295 e. The van der Waals surface area contributed by atoms with E-state index in [0.717, 1.165) is 12.8 Å². The van der Waals surface area contributed by atoms with Gasteiger partial charge in [-0.2, -0.15) is 0 Å². The second-order valence-electron chi connectivity index (χ2n) is 3.86. The predicted molar refractivity (Wildman–Crippen MR) is 50.9 cm³/mol. The third-order valence-electron chi connectivity index (χ3n) is 3.09. The van der Waals surface area contributed by atoms with Gasteiger partial charge in [-0.05, 0) is 24.3 Å². The van der Waals surface area contributed by atoms with E-state index >= 15 is 0 Å². The fourth-order valence-electron chi connectivity index (χ4n) is 1.70. The molecule has 1 aliphatic rings. The van der Waals surface area contributed by atoms with Gasteiger partial charge in [-0.25, -0.2) is 0 Å². The van der Waals surface area contributed by atoms with Gasteiger partial charge >= 0.3 is 0 Å². The third kappa shape index (κ3) is 1.96. The molecule has 0 saturated carbocycles. The highest BCUT2D eigenvalue weighted by Gasteiger charge is 2.20. The van der Waals surface area contributed by atoms with Crippen molar-refractivity contribution in [1.82, 2.24) is 0 Å². The number of carbonyl (C=O) groups is 1. The molecule has 0 heterocycles. The van der Waals surface area contributed by atoms with Gasteiger partial charge in [-0.3, -0.25) is 4.79 Å². The molecular weight excluding hydrogens is 148 g/mol. The van der Waals surface area contributed by atoms with Crippen LogP contribution in [0.1, 0.15) is 40.0 Å². The van der Waals surface area contributed by atoms with Crippen molar-refractivity contribution in [1.29, 1.82) is 0 Å². The first-order chi connectivity index (χ1) is 5.65. The molecule has 2 unspecified atom stereocenters. The molecule has 2 atom stereocenters. The summed E-state index contributed by atoms with van der Waals surface area (Å²) in [5.74, 6) is 1.63. The number of hydrogen-bond donors (Lipinski definition) is 0. The quantitative estimate of drug-likeness (QED) is 0.630. The Labute approximate surface area is 74.9 Å². The van der Waals surface area contributed by atoms with Gasteiger partial charge in [0, 0.05) is 6.42 Å². The number of carbonyl (C=O) groups excluding carboxylic acids is 1. The summed E-state index contributed by atoms with van der Waals surface area (Å²) in [6, 6.07) is 0. The lowest BCUT2D eigenvalue weighted by molar-refractivity contribution is -0.114. The maximum Gasteiger partial charge on any atom is 0.155 e. The van der Waals surface area contributed by atoms with Gasteiger partial charge in [0.2, 0.25) is 0 Å². The Kier molecular flexibility index (Phi) is 3.07. The molecule has 0 N–H and O–H groups in total. The lowest BCUT2D eigenvalue weighted by atomic mass is 9.87. The average Bonchev–Trinajstić information content (AvgIpc) is 2.49. The average molecular weight is 166 g/mol. The normalized spacial score (nSPS) is 22.2. The van der Waals surface area contributed by atoms with Crippen LogP contribution in [0.15, 0.2) is 11.6 Å². The van der Waals surface area contributed by atoms with Crippen LogP contribution in [0.5, 0.6) is 0 Å². The molecule has 0 bridgehead atoms. The Morgan fingerprint density at radius 3 is 2.50 bits per heavy atom. The lowest BCUT2D eigenvalue weighted by Crippen LogP contribution is -2.08. The fraction of sp³-hybridized carbons (Fsp3) is 0.727. The van der Waals surface area contributed by atoms with Crippen LogP contribution in [-0.2, 0) is 4.79 Å². The Morgan fingerprint density at radius 2 is 2.08 bits per heavy atom. The maximum absolute atomic E-state index is 11.0. The summed E-state index contributed by atoms with van der Waals surface area (Å²) in [7, 11) is 0. The molecule has 0 amide bonds. The minimum absolute atomic E-state index is 0.320. The van der Waals surface area contributed by atoms with Crippen LogP contribution in [0, 0.1) is 11.8 Å². The van der Waals surface area contributed by atoms with Gasteiger partial charge < -0.3 is 0 Å². The van der Waals surface area contributed by atoms with Crippen molar-refractivity contribution in [2.45, 2.75) is 40.0 Å². The van der Waals surface area contributed by atoms with E-state index in [2.05, 4.69) is 20.8 Å². The molecular formula is C11H18O. The van der Waals surface area contributed by atoms with Crippen molar-refractivity contribution in [3.8, 4) is 0 Å². The Hall–Kier alpha value is -0.590.